The summed E-state index contributed by atoms with van der Waals surface area (Å²) in [5, 5.41) is 22.4. The molecule has 0 saturated carbocycles. The van der Waals surface area contributed by atoms with Crippen molar-refractivity contribution in [2.45, 2.75) is 6.42 Å². The highest BCUT2D eigenvalue weighted by molar-refractivity contribution is 7.12. The van der Waals surface area contributed by atoms with E-state index in [9.17, 15) is 14.7 Å². The Labute approximate surface area is 113 Å². The lowest BCUT2D eigenvalue weighted by molar-refractivity contribution is -0.115. The van der Waals surface area contributed by atoms with E-state index >= 15 is 0 Å². The highest BCUT2D eigenvalue weighted by atomic mass is 32.1. The van der Waals surface area contributed by atoms with Crippen LogP contribution >= 0.6 is 11.3 Å². The number of aromatic hydroxyl groups is 1. The standard InChI is InChI=1S/C13H11NO4S/c15-9-3-1-2-8(6-9)7-11(16)14-10-4-5-19-12(10)13(17)18/h1-6,15H,7H2,(H,14,16)(H,17,18). The minimum Gasteiger partial charge on any atom is -0.508 e. The van der Waals surface area contributed by atoms with Gasteiger partial charge in [-0.25, -0.2) is 4.79 Å². The summed E-state index contributed by atoms with van der Waals surface area (Å²) in [5.74, 6) is -1.30. The molecule has 1 amide bonds. The maximum absolute atomic E-state index is 11.8. The first kappa shape index (κ1) is 13.1. The second-order valence-corrected chi connectivity index (χ2v) is 4.78. The normalized spacial score (nSPS) is 10.1. The second-order valence-electron chi connectivity index (χ2n) is 3.86. The average Bonchev–Trinajstić information content (AvgIpc) is 2.76. The lowest BCUT2D eigenvalue weighted by Crippen LogP contribution is -2.15. The number of benzene rings is 1. The number of thiophene rings is 1. The second kappa shape index (κ2) is 5.53. The van der Waals surface area contributed by atoms with E-state index in [-0.39, 0.29) is 23.0 Å². The van der Waals surface area contributed by atoms with E-state index in [4.69, 9.17) is 5.11 Å². The van der Waals surface area contributed by atoms with Crippen molar-refractivity contribution >= 4 is 28.9 Å². The van der Waals surface area contributed by atoms with Crippen LogP contribution in [0.25, 0.3) is 0 Å². The fourth-order valence-electron chi connectivity index (χ4n) is 1.62. The van der Waals surface area contributed by atoms with Crippen LogP contribution in [0.5, 0.6) is 5.75 Å². The number of carbonyl (C=O) groups is 2. The van der Waals surface area contributed by atoms with Crippen molar-refractivity contribution in [3.63, 3.8) is 0 Å². The number of carboxylic acids is 1. The summed E-state index contributed by atoms with van der Waals surface area (Å²) in [7, 11) is 0. The third-order valence-corrected chi connectivity index (χ3v) is 3.31. The summed E-state index contributed by atoms with van der Waals surface area (Å²) < 4.78 is 0. The lowest BCUT2D eigenvalue weighted by Gasteiger charge is -2.05. The molecular weight excluding hydrogens is 266 g/mol. The Kier molecular flexibility index (Phi) is 3.82. The predicted molar refractivity (Wildman–Crippen MR) is 71.7 cm³/mol. The van der Waals surface area contributed by atoms with Crippen LogP contribution in [0.2, 0.25) is 0 Å². The largest absolute Gasteiger partial charge is 0.508 e. The fourth-order valence-corrected chi connectivity index (χ4v) is 2.31. The molecule has 6 heteroatoms. The number of aromatic carboxylic acids is 1. The summed E-state index contributed by atoms with van der Waals surface area (Å²) >= 11 is 1.05. The topological polar surface area (TPSA) is 86.6 Å². The molecule has 0 radical (unpaired) electrons. The molecule has 1 aromatic heterocycles. The monoisotopic (exact) mass is 277 g/mol. The van der Waals surface area contributed by atoms with E-state index in [1.807, 2.05) is 0 Å². The smallest absolute Gasteiger partial charge is 0.348 e. The van der Waals surface area contributed by atoms with Gasteiger partial charge in [0.25, 0.3) is 0 Å². The first-order valence-electron chi connectivity index (χ1n) is 5.45. The number of carboxylic acid groups (broad SMARTS) is 1. The first-order chi connectivity index (χ1) is 9.06. The van der Waals surface area contributed by atoms with Crippen molar-refractivity contribution in [3.8, 4) is 5.75 Å². The van der Waals surface area contributed by atoms with E-state index < -0.39 is 5.97 Å². The number of hydrogen-bond donors (Lipinski definition) is 3. The molecule has 19 heavy (non-hydrogen) atoms. The van der Waals surface area contributed by atoms with Crippen LogP contribution in [0.1, 0.15) is 15.2 Å². The molecule has 1 aromatic carbocycles. The van der Waals surface area contributed by atoms with E-state index in [1.54, 1.807) is 23.6 Å². The Hall–Kier alpha value is -2.34. The highest BCUT2D eigenvalue weighted by Gasteiger charge is 2.14. The number of phenols is 1. The summed E-state index contributed by atoms with van der Waals surface area (Å²) in [6.07, 6.45) is 0.0727. The first-order valence-corrected chi connectivity index (χ1v) is 6.33. The molecule has 0 aliphatic heterocycles. The van der Waals surface area contributed by atoms with Gasteiger partial charge in [-0.3, -0.25) is 4.79 Å². The number of amides is 1. The lowest BCUT2D eigenvalue weighted by atomic mass is 10.1. The number of hydrogen-bond acceptors (Lipinski definition) is 4. The van der Waals surface area contributed by atoms with Crippen molar-refractivity contribution < 1.29 is 19.8 Å². The molecule has 1 heterocycles. The molecule has 0 spiro atoms. The van der Waals surface area contributed by atoms with Crippen LogP contribution in [0.4, 0.5) is 5.69 Å². The van der Waals surface area contributed by atoms with Crippen LogP contribution in [0.15, 0.2) is 35.7 Å². The Morgan fingerprint density at radius 2 is 2.05 bits per heavy atom. The summed E-state index contributed by atoms with van der Waals surface area (Å²) in [4.78, 5) is 22.8. The van der Waals surface area contributed by atoms with Gasteiger partial charge >= 0.3 is 5.97 Å². The Morgan fingerprint density at radius 1 is 1.26 bits per heavy atom. The minimum atomic E-state index is -1.07. The molecule has 5 nitrogen and oxygen atoms in total. The number of rotatable bonds is 4. The molecule has 2 rings (SSSR count). The van der Waals surface area contributed by atoms with Gasteiger partial charge in [0, 0.05) is 0 Å². The van der Waals surface area contributed by atoms with Crippen molar-refractivity contribution in [2.75, 3.05) is 5.32 Å². The maximum Gasteiger partial charge on any atom is 0.348 e. The summed E-state index contributed by atoms with van der Waals surface area (Å²) in [5.41, 5.74) is 0.951. The molecule has 0 atom stereocenters. The van der Waals surface area contributed by atoms with Gasteiger partial charge in [0.15, 0.2) is 0 Å². The molecule has 0 fully saturated rings. The van der Waals surface area contributed by atoms with Crippen molar-refractivity contribution in [3.05, 3.63) is 46.2 Å². The predicted octanol–water partition coefficient (Wildman–Crippen LogP) is 2.33. The third kappa shape index (κ3) is 3.32. The van der Waals surface area contributed by atoms with Crippen molar-refractivity contribution in [2.24, 2.45) is 0 Å². The summed E-state index contributed by atoms with van der Waals surface area (Å²) in [6.45, 7) is 0. The van der Waals surface area contributed by atoms with Gasteiger partial charge in [0.05, 0.1) is 12.1 Å². The SMILES string of the molecule is O=C(Cc1cccc(O)c1)Nc1ccsc1C(=O)O. The molecule has 0 saturated heterocycles. The zero-order valence-electron chi connectivity index (χ0n) is 9.79. The molecule has 0 bridgehead atoms. The fraction of sp³-hybridized carbons (Fsp3) is 0.0769. The van der Waals surface area contributed by atoms with Gasteiger partial charge in [0.1, 0.15) is 10.6 Å². The maximum atomic E-state index is 11.8. The molecule has 98 valence electrons. The molecule has 0 unspecified atom stereocenters. The zero-order chi connectivity index (χ0) is 13.8. The molecule has 2 aromatic rings. The quantitative estimate of drug-likeness (QED) is 0.800. The van der Waals surface area contributed by atoms with Gasteiger partial charge in [-0.1, -0.05) is 12.1 Å². The highest BCUT2D eigenvalue weighted by Crippen LogP contribution is 2.22. The van der Waals surface area contributed by atoms with Crippen LogP contribution in [-0.4, -0.2) is 22.1 Å². The molecule has 0 aliphatic carbocycles. The molecule has 3 N–H and O–H groups in total. The van der Waals surface area contributed by atoms with Gasteiger partial charge in [-0.2, -0.15) is 0 Å². The van der Waals surface area contributed by atoms with Crippen LogP contribution in [-0.2, 0) is 11.2 Å². The van der Waals surface area contributed by atoms with Crippen molar-refractivity contribution in [1.82, 2.24) is 0 Å². The van der Waals surface area contributed by atoms with Crippen LogP contribution < -0.4 is 5.32 Å². The number of nitrogens with one attached hydrogen (secondary N) is 1. The van der Waals surface area contributed by atoms with Gasteiger partial charge in [0.2, 0.25) is 5.91 Å². The summed E-state index contributed by atoms with van der Waals surface area (Å²) in [6, 6.07) is 7.92. The Balaban J connectivity index is 2.05. The average molecular weight is 277 g/mol. The van der Waals surface area contributed by atoms with Gasteiger partial charge < -0.3 is 15.5 Å². The zero-order valence-corrected chi connectivity index (χ0v) is 10.6. The van der Waals surface area contributed by atoms with Crippen LogP contribution in [0.3, 0.4) is 0 Å². The Morgan fingerprint density at radius 3 is 2.74 bits per heavy atom. The van der Waals surface area contributed by atoms with Gasteiger partial charge in [-0.15, -0.1) is 11.3 Å². The van der Waals surface area contributed by atoms with E-state index in [1.165, 1.54) is 12.1 Å². The number of phenolic OH excluding ortho intramolecular Hbond substituents is 1. The van der Waals surface area contributed by atoms with E-state index in [2.05, 4.69) is 5.32 Å². The third-order valence-electron chi connectivity index (χ3n) is 2.41. The minimum absolute atomic E-state index is 0.0727. The molecular formula is C13H11NO4S. The van der Waals surface area contributed by atoms with Gasteiger partial charge in [-0.05, 0) is 29.1 Å². The molecule has 0 aliphatic rings. The van der Waals surface area contributed by atoms with Crippen molar-refractivity contribution in [1.29, 1.82) is 0 Å². The van der Waals surface area contributed by atoms with Crippen LogP contribution in [0, 0.1) is 0 Å². The van der Waals surface area contributed by atoms with E-state index in [0.29, 0.717) is 11.3 Å². The Bertz CT molecular complexity index is 621. The van der Waals surface area contributed by atoms with E-state index in [0.717, 1.165) is 11.3 Å². The number of carbonyl (C=O) groups excluding carboxylic acids is 1. The number of anilines is 1.